The minimum atomic E-state index is -4.69. The van der Waals surface area contributed by atoms with Crippen molar-refractivity contribution in [2.45, 2.75) is 38.5 Å². The molecule has 1 saturated heterocycles. The van der Waals surface area contributed by atoms with E-state index in [1.165, 1.54) is 12.1 Å². The van der Waals surface area contributed by atoms with Gasteiger partial charge in [0.1, 0.15) is 6.04 Å². The third-order valence-electron chi connectivity index (χ3n) is 3.48. The van der Waals surface area contributed by atoms with Gasteiger partial charge in [0.05, 0.1) is 17.5 Å². The van der Waals surface area contributed by atoms with Crippen molar-refractivity contribution in [2.75, 3.05) is 0 Å². The molecule has 0 bridgehead atoms. The van der Waals surface area contributed by atoms with Gasteiger partial charge in [0, 0.05) is 6.04 Å². The van der Waals surface area contributed by atoms with Gasteiger partial charge in [0.25, 0.3) is 11.8 Å². The average molecular weight is 328 g/mol. The van der Waals surface area contributed by atoms with Crippen LogP contribution in [0.3, 0.4) is 0 Å². The van der Waals surface area contributed by atoms with Crippen molar-refractivity contribution in [1.29, 1.82) is 0 Å². The molecule has 1 fully saturated rings. The van der Waals surface area contributed by atoms with Gasteiger partial charge in [0.15, 0.2) is 0 Å². The molecule has 1 heterocycles. The van der Waals surface area contributed by atoms with Crippen molar-refractivity contribution in [3.05, 3.63) is 35.4 Å². The maximum atomic E-state index is 12.9. The molecule has 124 valence electrons. The smallest absolute Gasteiger partial charge is 0.340 e. The lowest BCUT2D eigenvalue weighted by Crippen LogP contribution is -2.44. The van der Waals surface area contributed by atoms with Crippen LogP contribution < -0.4 is 5.32 Å². The van der Waals surface area contributed by atoms with Gasteiger partial charge in [-0.1, -0.05) is 12.1 Å². The molecular weight excluding hydrogens is 313 g/mol. The van der Waals surface area contributed by atoms with E-state index < -0.39 is 41.1 Å². The number of rotatable bonds is 3. The second-order valence-electron chi connectivity index (χ2n) is 5.47. The molecule has 1 aliphatic heterocycles. The van der Waals surface area contributed by atoms with Crippen LogP contribution in [0, 0.1) is 0 Å². The summed E-state index contributed by atoms with van der Waals surface area (Å²) in [6.07, 6.45) is -4.94. The van der Waals surface area contributed by atoms with E-state index in [1.807, 2.05) is 0 Å². The van der Waals surface area contributed by atoms with Crippen LogP contribution in [0.2, 0.25) is 0 Å². The van der Waals surface area contributed by atoms with Crippen LogP contribution >= 0.6 is 0 Å². The number of nitrogens with zero attached hydrogens (tertiary/aromatic N) is 1. The normalized spacial score (nSPS) is 18.7. The zero-order valence-electron chi connectivity index (χ0n) is 12.5. The van der Waals surface area contributed by atoms with E-state index in [9.17, 15) is 27.6 Å². The summed E-state index contributed by atoms with van der Waals surface area (Å²) in [4.78, 5) is 36.9. The quantitative estimate of drug-likeness (QED) is 0.863. The van der Waals surface area contributed by atoms with Crippen LogP contribution in [-0.4, -0.2) is 34.7 Å². The third kappa shape index (κ3) is 3.35. The van der Waals surface area contributed by atoms with E-state index in [4.69, 9.17) is 0 Å². The first-order chi connectivity index (χ1) is 10.6. The summed E-state index contributed by atoms with van der Waals surface area (Å²) in [6, 6.07) is 2.77. The minimum Gasteiger partial charge on any atom is -0.340 e. The molecule has 1 atom stereocenters. The monoisotopic (exact) mass is 328 g/mol. The van der Waals surface area contributed by atoms with Gasteiger partial charge in [-0.3, -0.25) is 19.3 Å². The van der Waals surface area contributed by atoms with Crippen molar-refractivity contribution in [1.82, 2.24) is 10.2 Å². The fourth-order valence-electron chi connectivity index (χ4n) is 2.47. The number of carbonyl (C=O) groups is 3. The summed E-state index contributed by atoms with van der Waals surface area (Å²) >= 11 is 0. The predicted molar refractivity (Wildman–Crippen MR) is 74.3 cm³/mol. The Kier molecular flexibility index (Phi) is 4.44. The number of likely N-dealkylation sites (tertiary alicyclic amines) is 1. The van der Waals surface area contributed by atoms with Crippen LogP contribution in [0.5, 0.6) is 0 Å². The average Bonchev–Trinajstić information content (AvgIpc) is 2.72. The Hall–Kier alpha value is -2.38. The topological polar surface area (TPSA) is 66.5 Å². The number of amides is 3. The van der Waals surface area contributed by atoms with Crippen molar-refractivity contribution >= 4 is 17.7 Å². The summed E-state index contributed by atoms with van der Waals surface area (Å²) in [5, 5.41) is 2.22. The summed E-state index contributed by atoms with van der Waals surface area (Å²) in [7, 11) is 0. The lowest BCUT2D eigenvalue weighted by Gasteiger charge is -2.19. The lowest BCUT2D eigenvalue weighted by molar-refractivity contribution is -0.140. The summed E-state index contributed by atoms with van der Waals surface area (Å²) in [6.45, 7) is 3.28. The predicted octanol–water partition coefficient (Wildman–Crippen LogP) is 1.97. The highest BCUT2D eigenvalue weighted by Crippen LogP contribution is 2.32. The van der Waals surface area contributed by atoms with Gasteiger partial charge < -0.3 is 5.32 Å². The Balaban J connectivity index is 2.22. The fraction of sp³-hybridized carbons (Fsp3) is 0.400. The van der Waals surface area contributed by atoms with Gasteiger partial charge in [-0.05, 0) is 26.0 Å². The largest absolute Gasteiger partial charge is 0.417 e. The molecule has 0 aliphatic carbocycles. The van der Waals surface area contributed by atoms with Crippen molar-refractivity contribution in [3.63, 3.8) is 0 Å². The van der Waals surface area contributed by atoms with Crippen LogP contribution in [0.1, 0.15) is 36.2 Å². The van der Waals surface area contributed by atoms with E-state index in [0.29, 0.717) is 0 Å². The molecule has 0 radical (unpaired) electrons. The van der Waals surface area contributed by atoms with Gasteiger partial charge in [-0.2, -0.15) is 13.2 Å². The molecule has 1 N–H and O–H groups in total. The molecule has 1 aromatic rings. The maximum Gasteiger partial charge on any atom is 0.417 e. The number of nitrogens with one attached hydrogen (secondary N) is 1. The van der Waals surface area contributed by atoms with Gasteiger partial charge >= 0.3 is 6.18 Å². The molecule has 0 spiro atoms. The van der Waals surface area contributed by atoms with Gasteiger partial charge in [-0.25, -0.2) is 0 Å². The number of carbonyl (C=O) groups excluding carboxylic acids is 3. The Labute approximate surface area is 130 Å². The van der Waals surface area contributed by atoms with Crippen molar-refractivity contribution in [2.24, 2.45) is 0 Å². The highest BCUT2D eigenvalue weighted by atomic mass is 19.4. The molecule has 0 saturated carbocycles. The second kappa shape index (κ2) is 6.02. The molecule has 8 heteroatoms. The Morgan fingerprint density at radius 1 is 1.26 bits per heavy atom. The highest BCUT2D eigenvalue weighted by molar-refractivity contribution is 6.08. The lowest BCUT2D eigenvalue weighted by atomic mass is 10.1. The summed E-state index contributed by atoms with van der Waals surface area (Å²) in [5.41, 5.74) is -1.67. The van der Waals surface area contributed by atoms with Gasteiger partial charge in [0.2, 0.25) is 5.91 Å². The van der Waals surface area contributed by atoms with E-state index in [2.05, 4.69) is 5.32 Å². The van der Waals surface area contributed by atoms with Gasteiger partial charge in [-0.15, -0.1) is 0 Å². The van der Waals surface area contributed by atoms with Crippen LogP contribution in [0.15, 0.2) is 24.3 Å². The molecule has 1 aliphatic rings. The molecule has 0 unspecified atom stereocenters. The molecule has 3 amide bonds. The number of benzene rings is 1. The van der Waals surface area contributed by atoms with E-state index in [0.717, 1.165) is 17.0 Å². The zero-order chi connectivity index (χ0) is 17.4. The number of hydrogen-bond donors (Lipinski definition) is 1. The standard InChI is InChI=1S/C15H15F3N2O3/c1-8(2)20-12(21)7-11(14(20)23)19-13(22)9-5-3-4-6-10(9)15(16,17)18/h3-6,8,11H,7H2,1-2H3,(H,19,22)/t11-/m1/s1. The van der Waals surface area contributed by atoms with E-state index >= 15 is 0 Å². The molecular formula is C15H15F3N2O3. The molecule has 0 aromatic heterocycles. The molecule has 1 aromatic carbocycles. The Bertz CT molecular complexity index is 656. The molecule has 23 heavy (non-hydrogen) atoms. The number of halogens is 3. The minimum absolute atomic E-state index is 0.253. The van der Waals surface area contributed by atoms with Crippen LogP contribution in [0.25, 0.3) is 0 Å². The number of imide groups is 1. The van der Waals surface area contributed by atoms with Crippen molar-refractivity contribution < 1.29 is 27.6 Å². The third-order valence-corrected chi connectivity index (χ3v) is 3.48. The Morgan fingerprint density at radius 3 is 2.39 bits per heavy atom. The van der Waals surface area contributed by atoms with Crippen LogP contribution in [0.4, 0.5) is 13.2 Å². The summed E-state index contributed by atoms with van der Waals surface area (Å²) in [5.74, 6) is -2.10. The second-order valence-corrected chi connectivity index (χ2v) is 5.47. The molecule has 2 rings (SSSR count). The van der Waals surface area contributed by atoms with Crippen LogP contribution in [-0.2, 0) is 15.8 Å². The van der Waals surface area contributed by atoms with E-state index in [1.54, 1.807) is 13.8 Å². The Morgan fingerprint density at radius 2 is 1.87 bits per heavy atom. The van der Waals surface area contributed by atoms with Crippen molar-refractivity contribution in [3.8, 4) is 0 Å². The number of alkyl halides is 3. The first-order valence-corrected chi connectivity index (χ1v) is 6.96. The first kappa shape index (κ1) is 17.0. The van der Waals surface area contributed by atoms with E-state index in [-0.39, 0.29) is 12.5 Å². The fourth-order valence-corrected chi connectivity index (χ4v) is 2.47. The maximum absolute atomic E-state index is 12.9. The zero-order valence-corrected chi connectivity index (χ0v) is 12.5. The summed E-state index contributed by atoms with van der Waals surface area (Å²) < 4.78 is 38.8. The SMILES string of the molecule is CC(C)N1C(=O)C[C@@H](NC(=O)c2ccccc2C(F)(F)F)C1=O. The number of hydrogen-bond acceptors (Lipinski definition) is 3. The first-order valence-electron chi connectivity index (χ1n) is 6.96. The highest BCUT2D eigenvalue weighted by Gasteiger charge is 2.42. The molecule has 5 nitrogen and oxygen atoms in total.